The molecule has 1 amide bonds. The van der Waals surface area contributed by atoms with Gasteiger partial charge < -0.3 is 24.3 Å². The van der Waals surface area contributed by atoms with Gasteiger partial charge in [0.05, 0.1) is 20.3 Å². The third kappa shape index (κ3) is 4.32. The normalized spacial score (nSPS) is 18.2. The molecule has 28 heavy (non-hydrogen) atoms. The molecule has 2 aromatic rings. The second-order valence-corrected chi connectivity index (χ2v) is 7.44. The minimum absolute atomic E-state index is 0.180. The molecule has 0 unspecified atom stereocenters. The van der Waals surface area contributed by atoms with E-state index in [1.165, 1.54) is 0 Å². The molecule has 1 aliphatic rings. The first kappa shape index (κ1) is 19.9. The molecule has 150 valence electrons. The van der Waals surface area contributed by atoms with E-state index in [1.54, 1.807) is 33.3 Å². The fourth-order valence-electron chi connectivity index (χ4n) is 3.34. The van der Waals surface area contributed by atoms with Crippen LogP contribution in [0.25, 0.3) is 0 Å². The second-order valence-electron chi connectivity index (χ2n) is 7.44. The van der Waals surface area contributed by atoms with Crippen molar-refractivity contribution in [3.05, 3.63) is 48.0 Å². The maximum absolute atomic E-state index is 12.8. The van der Waals surface area contributed by atoms with Gasteiger partial charge in [0, 0.05) is 18.1 Å². The van der Waals surface area contributed by atoms with Crippen molar-refractivity contribution >= 4 is 5.91 Å². The van der Waals surface area contributed by atoms with Gasteiger partial charge in [-0.1, -0.05) is 12.1 Å². The highest BCUT2D eigenvalue weighted by molar-refractivity contribution is 5.81. The van der Waals surface area contributed by atoms with Crippen molar-refractivity contribution in [3.63, 3.8) is 0 Å². The van der Waals surface area contributed by atoms with E-state index in [0.29, 0.717) is 17.9 Å². The Kier molecular flexibility index (Phi) is 5.68. The van der Waals surface area contributed by atoms with E-state index < -0.39 is 11.7 Å². The van der Waals surface area contributed by atoms with Crippen LogP contribution in [0.15, 0.2) is 42.5 Å². The highest BCUT2D eigenvalue weighted by Crippen LogP contribution is 2.41. The molecule has 1 heterocycles. The number of para-hydroxylation sites is 2. The Morgan fingerprint density at radius 3 is 2.54 bits per heavy atom. The molecule has 0 radical (unpaired) electrons. The largest absolute Gasteiger partial charge is 0.497 e. The number of rotatable bonds is 6. The molecule has 1 aliphatic heterocycles. The minimum atomic E-state index is -0.677. The third-order valence-electron chi connectivity index (χ3n) is 4.74. The summed E-state index contributed by atoms with van der Waals surface area (Å²) in [5.41, 5.74) is 0.516. The van der Waals surface area contributed by atoms with Crippen LogP contribution in [-0.4, -0.2) is 31.8 Å². The Balaban J connectivity index is 1.76. The lowest BCUT2D eigenvalue weighted by molar-refractivity contribution is -0.128. The maximum atomic E-state index is 12.8. The van der Waals surface area contributed by atoms with Gasteiger partial charge in [0.25, 0.3) is 5.91 Å². The van der Waals surface area contributed by atoms with E-state index in [2.05, 4.69) is 5.32 Å². The Morgan fingerprint density at radius 2 is 1.86 bits per heavy atom. The lowest BCUT2D eigenvalue weighted by Gasteiger charge is -2.38. The summed E-state index contributed by atoms with van der Waals surface area (Å²) in [5, 5.41) is 3.10. The monoisotopic (exact) mass is 385 g/mol. The molecule has 0 spiro atoms. The fraction of sp³-hybridized carbons (Fsp3) is 0.409. The van der Waals surface area contributed by atoms with E-state index in [4.69, 9.17) is 18.9 Å². The van der Waals surface area contributed by atoms with Crippen LogP contribution in [0.4, 0.5) is 0 Å². The number of carbonyl (C=O) groups is 1. The topological polar surface area (TPSA) is 66.0 Å². The Morgan fingerprint density at radius 1 is 1.14 bits per heavy atom. The van der Waals surface area contributed by atoms with Crippen LogP contribution >= 0.6 is 0 Å². The summed E-state index contributed by atoms with van der Waals surface area (Å²) in [4.78, 5) is 12.8. The Bertz CT molecular complexity index is 849. The summed E-state index contributed by atoms with van der Waals surface area (Å²) in [6.07, 6.45) is -0.0247. The minimum Gasteiger partial charge on any atom is -0.497 e. The van der Waals surface area contributed by atoms with Gasteiger partial charge in [-0.05, 0) is 45.0 Å². The van der Waals surface area contributed by atoms with Crippen molar-refractivity contribution in [2.45, 2.75) is 44.9 Å². The van der Waals surface area contributed by atoms with Crippen LogP contribution in [0, 0.1) is 0 Å². The van der Waals surface area contributed by atoms with Crippen molar-refractivity contribution in [3.8, 4) is 23.0 Å². The summed E-state index contributed by atoms with van der Waals surface area (Å²) in [6.45, 7) is 5.73. The molecule has 1 N–H and O–H groups in total. The van der Waals surface area contributed by atoms with Crippen LogP contribution in [0.1, 0.15) is 38.8 Å². The van der Waals surface area contributed by atoms with Crippen molar-refractivity contribution in [2.75, 3.05) is 14.2 Å². The zero-order valence-corrected chi connectivity index (χ0v) is 16.9. The van der Waals surface area contributed by atoms with Gasteiger partial charge in [0.2, 0.25) is 0 Å². The summed E-state index contributed by atoms with van der Waals surface area (Å²) in [5.74, 6) is 2.36. The number of benzene rings is 2. The predicted molar refractivity (Wildman–Crippen MR) is 106 cm³/mol. The van der Waals surface area contributed by atoms with Gasteiger partial charge in [0.1, 0.15) is 17.1 Å². The molecule has 0 bridgehead atoms. The molecule has 0 aromatic heterocycles. The standard InChI is InChI=1S/C22H27NO5/c1-14(27-19-9-7-6-8-18(19)26-5)21(24)23-17-13-22(2,3)28-20-12-15(25-4)10-11-16(17)20/h6-12,14,17H,13H2,1-5H3,(H,23,24)/t14-,17-/m1/s1. The van der Waals surface area contributed by atoms with E-state index in [1.807, 2.05) is 44.2 Å². The van der Waals surface area contributed by atoms with Gasteiger partial charge in [-0.15, -0.1) is 0 Å². The smallest absolute Gasteiger partial charge is 0.261 e. The summed E-state index contributed by atoms with van der Waals surface area (Å²) in [7, 11) is 3.19. The molecular formula is C22H27NO5. The molecule has 6 nitrogen and oxygen atoms in total. The molecule has 2 atom stereocenters. The van der Waals surface area contributed by atoms with E-state index >= 15 is 0 Å². The number of amides is 1. The van der Waals surface area contributed by atoms with Crippen LogP contribution in [0.2, 0.25) is 0 Å². The van der Waals surface area contributed by atoms with Gasteiger partial charge in [-0.2, -0.15) is 0 Å². The SMILES string of the molecule is COc1ccc2c(c1)OC(C)(C)C[C@H]2NC(=O)[C@@H](C)Oc1ccccc1OC. The second kappa shape index (κ2) is 8.00. The number of fused-ring (bicyclic) bond motifs is 1. The number of nitrogens with one attached hydrogen (secondary N) is 1. The summed E-state index contributed by atoms with van der Waals surface area (Å²) >= 11 is 0. The first-order valence-electron chi connectivity index (χ1n) is 9.30. The van der Waals surface area contributed by atoms with Gasteiger partial charge in [-0.25, -0.2) is 0 Å². The number of methoxy groups -OCH3 is 2. The van der Waals surface area contributed by atoms with Gasteiger partial charge in [0.15, 0.2) is 17.6 Å². The van der Waals surface area contributed by atoms with Crippen LogP contribution < -0.4 is 24.3 Å². The van der Waals surface area contributed by atoms with Gasteiger partial charge >= 0.3 is 0 Å². The number of ether oxygens (including phenoxy) is 4. The van der Waals surface area contributed by atoms with Crippen LogP contribution in [-0.2, 0) is 4.79 Å². The molecule has 2 aromatic carbocycles. The first-order chi connectivity index (χ1) is 13.3. The predicted octanol–water partition coefficient (Wildman–Crippen LogP) is 3.89. The Hall–Kier alpha value is -2.89. The average molecular weight is 385 g/mol. The average Bonchev–Trinajstić information content (AvgIpc) is 2.66. The maximum Gasteiger partial charge on any atom is 0.261 e. The lowest BCUT2D eigenvalue weighted by Crippen LogP contribution is -2.44. The van der Waals surface area contributed by atoms with Gasteiger partial charge in [-0.3, -0.25) is 4.79 Å². The molecule has 6 heteroatoms. The van der Waals surface area contributed by atoms with Crippen molar-refractivity contribution in [2.24, 2.45) is 0 Å². The van der Waals surface area contributed by atoms with Crippen molar-refractivity contribution in [1.82, 2.24) is 5.32 Å². The molecule has 0 saturated carbocycles. The molecule has 0 fully saturated rings. The van der Waals surface area contributed by atoms with Crippen molar-refractivity contribution < 1.29 is 23.7 Å². The van der Waals surface area contributed by atoms with Crippen LogP contribution in [0.5, 0.6) is 23.0 Å². The summed E-state index contributed by atoms with van der Waals surface area (Å²) in [6, 6.07) is 12.7. The zero-order chi connectivity index (χ0) is 20.3. The highest BCUT2D eigenvalue weighted by atomic mass is 16.5. The molecule has 3 rings (SSSR count). The van der Waals surface area contributed by atoms with E-state index in [-0.39, 0.29) is 11.9 Å². The molecule has 0 aliphatic carbocycles. The van der Waals surface area contributed by atoms with Crippen LogP contribution in [0.3, 0.4) is 0 Å². The number of carbonyl (C=O) groups excluding carboxylic acids is 1. The lowest BCUT2D eigenvalue weighted by atomic mass is 9.89. The fourth-order valence-corrected chi connectivity index (χ4v) is 3.34. The quantitative estimate of drug-likeness (QED) is 0.817. The zero-order valence-electron chi connectivity index (χ0n) is 16.9. The van der Waals surface area contributed by atoms with E-state index in [0.717, 1.165) is 17.1 Å². The van der Waals surface area contributed by atoms with E-state index in [9.17, 15) is 4.79 Å². The number of hydrogen-bond donors (Lipinski definition) is 1. The summed E-state index contributed by atoms with van der Waals surface area (Å²) < 4.78 is 22.5. The first-order valence-corrected chi connectivity index (χ1v) is 9.30. The van der Waals surface area contributed by atoms with Crippen molar-refractivity contribution in [1.29, 1.82) is 0 Å². The number of hydrogen-bond acceptors (Lipinski definition) is 5. The Labute approximate surface area is 165 Å². The third-order valence-corrected chi connectivity index (χ3v) is 4.74. The molecule has 0 saturated heterocycles. The highest BCUT2D eigenvalue weighted by Gasteiger charge is 2.35. The molecular weight excluding hydrogens is 358 g/mol.